The minimum Gasteiger partial charge on any atom is -0.493 e. The summed E-state index contributed by atoms with van der Waals surface area (Å²) < 4.78 is 11.3. The Morgan fingerprint density at radius 2 is 2.04 bits per heavy atom. The van der Waals surface area contributed by atoms with E-state index in [-0.39, 0.29) is 0 Å². The van der Waals surface area contributed by atoms with Crippen LogP contribution in [-0.4, -0.2) is 23.7 Å². The lowest BCUT2D eigenvalue weighted by atomic mass is 10.1. The van der Waals surface area contributed by atoms with Crippen molar-refractivity contribution in [2.75, 3.05) is 13.7 Å². The average Bonchev–Trinajstić information content (AvgIpc) is 3.07. The van der Waals surface area contributed by atoms with E-state index in [9.17, 15) is 5.26 Å². The number of rotatable bonds is 6. The van der Waals surface area contributed by atoms with Gasteiger partial charge in [-0.15, -0.1) is 0 Å². The van der Waals surface area contributed by atoms with Gasteiger partial charge < -0.3 is 14.5 Å². The Hall–Kier alpha value is -3.26. The fraction of sp³-hybridized carbons (Fsp3) is 0.273. The molecule has 0 aliphatic heterocycles. The van der Waals surface area contributed by atoms with Crippen LogP contribution in [-0.2, 0) is 0 Å². The quantitative estimate of drug-likeness (QED) is 0.624. The third-order valence-corrected chi connectivity index (χ3v) is 4.45. The van der Waals surface area contributed by atoms with E-state index in [2.05, 4.69) is 36.0 Å². The molecule has 1 heterocycles. The van der Waals surface area contributed by atoms with Crippen molar-refractivity contribution < 1.29 is 9.47 Å². The van der Waals surface area contributed by atoms with Gasteiger partial charge in [0, 0.05) is 5.56 Å². The molecule has 0 atom stereocenters. The summed E-state index contributed by atoms with van der Waals surface area (Å²) in [5, 5.41) is 9.72. The van der Waals surface area contributed by atoms with Crippen LogP contribution in [0, 0.1) is 25.2 Å². The van der Waals surface area contributed by atoms with Crippen LogP contribution < -0.4 is 9.47 Å². The predicted octanol–water partition coefficient (Wildman–Crippen LogP) is 5.04. The van der Waals surface area contributed by atoms with Crippen LogP contribution in [0.3, 0.4) is 0 Å². The van der Waals surface area contributed by atoms with E-state index in [1.807, 2.05) is 31.2 Å². The molecule has 5 nitrogen and oxygen atoms in total. The third kappa shape index (κ3) is 3.80. The van der Waals surface area contributed by atoms with Gasteiger partial charge in [-0.25, -0.2) is 4.98 Å². The number of nitrogens with one attached hydrogen (secondary N) is 1. The van der Waals surface area contributed by atoms with Crippen LogP contribution in [0.5, 0.6) is 11.5 Å². The number of ether oxygens (including phenoxy) is 2. The van der Waals surface area contributed by atoms with Crippen LogP contribution in [0.4, 0.5) is 0 Å². The van der Waals surface area contributed by atoms with Gasteiger partial charge in [-0.3, -0.25) is 0 Å². The lowest BCUT2D eigenvalue weighted by molar-refractivity contribution is 0.293. The van der Waals surface area contributed by atoms with Gasteiger partial charge in [0.1, 0.15) is 11.9 Å². The van der Waals surface area contributed by atoms with Gasteiger partial charge in [-0.1, -0.05) is 19.1 Å². The molecule has 0 bridgehead atoms. The number of aryl methyl sites for hydroxylation is 2. The molecule has 0 fully saturated rings. The van der Waals surface area contributed by atoms with Crippen molar-refractivity contribution in [2.45, 2.75) is 27.2 Å². The second kappa shape index (κ2) is 7.96. The Balaban J connectivity index is 2.08. The minimum absolute atomic E-state index is 0.441. The Labute approximate surface area is 159 Å². The molecular formula is C22H23N3O2. The van der Waals surface area contributed by atoms with Crippen LogP contribution >= 0.6 is 0 Å². The molecule has 0 radical (unpaired) electrons. The van der Waals surface area contributed by atoms with E-state index >= 15 is 0 Å². The molecular weight excluding hydrogens is 338 g/mol. The van der Waals surface area contributed by atoms with E-state index in [1.165, 1.54) is 11.1 Å². The second-order valence-electron chi connectivity index (χ2n) is 6.44. The van der Waals surface area contributed by atoms with Crippen molar-refractivity contribution in [3.05, 3.63) is 52.8 Å². The number of H-pyrrole nitrogens is 1. The summed E-state index contributed by atoms with van der Waals surface area (Å²) in [5.41, 5.74) is 5.35. The first-order valence-electron chi connectivity index (χ1n) is 8.96. The van der Waals surface area contributed by atoms with Gasteiger partial charge >= 0.3 is 0 Å². The molecule has 0 amide bonds. The van der Waals surface area contributed by atoms with E-state index in [1.54, 1.807) is 13.2 Å². The minimum atomic E-state index is 0.441. The number of aromatic amines is 1. The zero-order valence-electron chi connectivity index (χ0n) is 16.1. The number of hydrogen-bond acceptors (Lipinski definition) is 4. The molecule has 0 saturated carbocycles. The molecule has 0 unspecified atom stereocenters. The first-order valence-corrected chi connectivity index (χ1v) is 8.96. The molecule has 1 N–H and O–H groups in total. The molecule has 0 spiro atoms. The summed E-state index contributed by atoms with van der Waals surface area (Å²) in [7, 11) is 1.61. The zero-order valence-corrected chi connectivity index (χ0v) is 16.1. The lowest BCUT2D eigenvalue weighted by Crippen LogP contribution is -2.00. The van der Waals surface area contributed by atoms with Crippen molar-refractivity contribution in [1.82, 2.24) is 9.97 Å². The van der Waals surface area contributed by atoms with Crippen molar-refractivity contribution in [3.8, 4) is 17.6 Å². The monoisotopic (exact) mass is 361 g/mol. The van der Waals surface area contributed by atoms with E-state index in [4.69, 9.17) is 9.47 Å². The highest BCUT2D eigenvalue weighted by molar-refractivity contribution is 5.91. The van der Waals surface area contributed by atoms with E-state index in [0.717, 1.165) is 23.0 Å². The summed E-state index contributed by atoms with van der Waals surface area (Å²) in [6.45, 7) is 6.73. The van der Waals surface area contributed by atoms with Crippen molar-refractivity contribution in [2.24, 2.45) is 0 Å². The molecule has 0 aliphatic rings. The Bertz CT molecular complexity index is 1000. The van der Waals surface area contributed by atoms with Gasteiger partial charge in [0.15, 0.2) is 11.5 Å². The number of fused-ring (bicyclic) bond motifs is 1. The lowest BCUT2D eigenvalue weighted by Gasteiger charge is -2.12. The van der Waals surface area contributed by atoms with Crippen LogP contribution in [0.25, 0.3) is 22.7 Å². The van der Waals surface area contributed by atoms with Gasteiger partial charge in [0.25, 0.3) is 0 Å². The van der Waals surface area contributed by atoms with Crippen LogP contribution in [0.1, 0.15) is 35.9 Å². The van der Waals surface area contributed by atoms with Gasteiger partial charge in [-0.2, -0.15) is 5.26 Å². The Morgan fingerprint density at radius 3 is 2.74 bits per heavy atom. The number of imidazole rings is 1. The summed E-state index contributed by atoms with van der Waals surface area (Å²) in [5.74, 6) is 1.82. The van der Waals surface area contributed by atoms with Crippen LogP contribution in [0.15, 0.2) is 30.3 Å². The summed E-state index contributed by atoms with van der Waals surface area (Å²) in [6.07, 6.45) is 2.67. The summed E-state index contributed by atoms with van der Waals surface area (Å²) >= 11 is 0. The molecule has 27 heavy (non-hydrogen) atoms. The number of nitriles is 1. The number of aromatic nitrogens is 2. The molecule has 0 saturated heterocycles. The maximum atomic E-state index is 9.72. The topological polar surface area (TPSA) is 70.9 Å². The zero-order chi connectivity index (χ0) is 19.4. The molecule has 3 rings (SSSR count). The Kier molecular flexibility index (Phi) is 5.46. The molecule has 3 aromatic rings. The summed E-state index contributed by atoms with van der Waals surface area (Å²) in [4.78, 5) is 7.85. The normalized spacial score (nSPS) is 11.4. The van der Waals surface area contributed by atoms with Gasteiger partial charge in [0.2, 0.25) is 0 Å². The molecule has 138 valence electrons. The molecule has 2 aromatic carbocycles. The van der Waals surface area contributed by atoms with Crippen molar-refractivity contribution >= 4 is 22.7 Å². The molecule has 0 aliphatic carbocycles. The maximum absolute atomic E-state index is 9.72. The second-order valence-corrected chi connectivity index (χ2v) is 6.44. The van der Waals surface area contributed by atoms with Crippen LogP contribution in [0.2, 0.25) is 0 Å². The molecule has 5 heteroatoms. The number of nitrogens with zero attached hydrogens (tertiary/aromatic N) is 2. The van der Waals surface area contributed by atoms with E-state index in [0.29, 0.717) is 29.5 Å². The highest BCUT2D eigenvalue weighted by Crippen LogP contribution is 2.34. The standard InChI is InChI=1S/C22H23N3O2/c1-5-9-27-21-16(7-6-8-20(21)26-4)12-17(13-23)22-24-18-10-14(2)15(3)11-19(18)25-22/h6-8,10-12H,5,9H2,1-4H3,(H,24,25)/b17-12-. The fourth-order valence-corrected chi connectivity index (χ4v) is 2.87. The van der Waals surface area contributed by atoms with Crippen molar-refractivity contribution in [3.63, 3.8) is 0 Å². The van der Waals surface area contributed by atoms with E-state index < -0.39 is 0 Å². The first-order chi connectivity index (χ1) is 13.1. The number of para-hydroxylation sites is 1. The SMILES string of the molecule is CCCOc1c(/C=C(/C#N)c2nc3cc(C)c(C)cc3[nH]2)cccc1OC. The number of methoxy groups -OCH3 is 1. The average molecular weight is 361 g/mol. The highest BCUT2D eigenvalue weighted by Gasteiger charge is 2.13. The third-order valence-electron chi connectivity index (χ3n) is 4.45. The smallest absolute Gasteiger partial charge is 0.168 e. The number of allylic oxidation sites excluding steroid dienone is 1. The molecule has 1 aromatic heterocycles. The summed E-state index contributed by atoms with van der Waals surface area (Å²) in [6, 6.07) is 12.0. The Morgan fingerprint density at radius 1 is 1.26 bits per heavy atom. The highest BCUT2D eigenvalue weighted by atomic mass is 16.5. The van der Waals surface area contributed by atoms with Gasteiger partial charge in [0.05, 0.1) is 30.3 Å². The fourth-order valence-electron chi connectivity index (χ4n) is 2.87. The largest absolute Gasteiger partial charge is 0.493 e. The van der Waals surface area contributed by atoms with Gasteiger partial charge in [-0.05, 0) is 55.7 Å². The maximum Gasteiger partial charge on any atom is 0.168 e. The number of benzene rings is 2. The van der Waals surface area contributed by atoms with Crippen molar-refractivity contribution in [1.29, 1.82) is 5.26 Å². The number of hydrogen-bond donors (Lipinski definition) is 1. The first kappa shape index (κ1) is 18.5. The predicted molar refractivity (Wildman–Crippen MR) is 108 cm³/mol.